The van der Waals surface area contributed by atoms with Crippen molar-refractivity contribution >= 4 is 27.5 Å². The maximum atomic E-state index is 13.4. The molecule has 0 spiro atoms. The summed E-state index contributed by atoms with van der Waals surface area (Å²) in [5.41, 5.74) is 1.47. The number of pyridine rings is 1. The molecule has 6 nitrogen and oxygen atoms in total. The van der Waals surface area contributed by atoms with Crippen molar-refractivity contribution in [2.24, 2.45) is 0 Å². The van der Waals surface area contributed by atoms with E-state index in [1.165, 1.54) is 9.44 Å². The van der Waals surface area contributed by atoms with Crippen LogP contribution in [0.25, 0.3) is 21.6 Å². The molecule has 1 unspecified atom stereocenters. The molecule has 0 saturated heterocycles. The molecule has 0 bridgehead atoms. The molecule has 134 valence electrons. The number of carboxylic acid groups (broad SMARTS) is 1. The van der Waals surface area contributed by atoms with Crippen LogP contribution in [0.3, 0.4) is 0 Å². The summed E-state index contributed by atoms with van der Waals surface area (Å²) in [4.78, 5) is 36.0. The van der Waals surface area contributed by atoms with Crippen LogP contribution in [0.4, 0.5) is 0 Å². The Balaban J connectivity index is 2.09. The maximum Gasteiger partial charge on any atom is 0.326 e. The number of fused-ring (bicyclic) bond motifs is 3. The molecule has 0 radical (unpaired) electrons. The monoisotopic (exact) mass is 369 g/mol. The first-order valence-electron chi connectivity index (χ1n) is 8.81. The van der Waals surface area contributed by atoms with Gasteiger partial charge < -0.3 is 5.11 Å². The van der Waals surface area contributed by atoms with E-state index >= 15 is 0 Å². The molecule has 0 aliphatic heterocycles. The van der Waals surface area contributed by atoms with Gasteiger partial charge in [-0.25, -0.2) is 9.78 Å². The summed E-state index contributed by atoms with van der Waals surface area (Å²) >= 11 is 1.57. The molecule has 0 amide bonds. The van der Waals surface area contributed by atoms with Gasteiger partial charge in [-0.15, -0.1) is 11.3 Å². The Hall–Kier alpha value is -2.54. The van der Waals surface area contributed by atoms with Crippen LogP contribution in [0, 0.1) is 0 Å². The second-order valence-corrected chi connectivity index (χ2v) is 7.59. The number of carbonyl (C=O) groups is 1. The lowest BCUT2D eigenvalue weighted by molar-refractivity contribution is -0.141. The summed E-state index contributed by atoms with van der Waals surface area (Å²) in [6.45, 7) is 1.77. The predicted octanol–water partition coefficient (Wildman–Crippen LogP) is 3.43. The van der Waals surface area contributed by atoms with Crippen molar-refractivity contribution < 1.29 is 9.90 Å². The Bertz CT molecular complexity index is 1040. The van der Waals surface area contributed by atoms with E-state index in [1.54, 1.807) is 42.8 Å². The number of aryl methyl sites for hydroxylation is 2. The molecule has 26 heavy (non-hydrogen) atoms. The predicted molar refractivity (Wildman–Crippen MR) is 101 cm³/mol. The molecule has 1 atom stereocenters. The summed E-state index contributed by atoms with van der Waals surface area (Å²) in [7, 11) is 0. The number of aromatic nitrogens is 3. The van der Waals surface area contributed by atoms with E-state index in [0.29, 0.717) is 28.0 Å². The minimum atomic E-state index is -1.02. The van der Waals surface area contributed by atoms with E-state index in [9.17, 15) is 14.7 Å². The second-order valence-electron chi connectivity index (χ2n) is 6.51. The number of rotatable bonds is 4. The highest BCUT2D eigenvalue weighted by atomic mass is 32.1. The van der Waals surface area contributed by atoms with Gasteiger partial charge in [0.05, 0.1) is 5.39 Å². The van der Waals surface area contributed by atoms with Crippen molar-refractivity contribution in [3.05, 3.63) is 45.3 Å². The topological polar surface area (TPSA) is 85.1 Å². The standard InChI is InChI=1S/C19H19N3O3S/c1-2-13(19(24)25)22-16(11-6-5-9-20-10-11)21-17-15(18(22)23)12-7-3-4-8-14(12)26-17/h5-6,9-10,13H,2-4,7-8H2,1H3,(H,24,25). The van der Waals surface area contributed by atoms with Crippen LogP contribution < -0.4 is 5.56 Å². The zero-order chi connectivity index (χ0) is 18.3. The molecule has 0 saturated carbocycles. The largest absolute Gasteiger partial charge is 0.480 e. The van der Waals surface area contributed by atoms with Crippen LogP contribution in [0.15, 0.2) is 29.3 Å². The summed E-state index contributed by atoms with van der Waals surface area (Å²) in [5.74, 6) is -0.645. The lowest BCUT2D eigenvalue weighted by Crippen LogP contribution is -2.32. The van der Waals surface area contributed by atoms with E-state index in [2.05, 4.69) is 4.98 Å². The minimum Gasteiger partial charge on any atom is -0.480 e. The first kappa shape index (κ1) is 16.9. The van der Waals surface area contributed by atoms with E-state index in [4.69, 9.17) is 4.98 Å². The summed E-state index contributed by atoms with van der Waals surface area (Å²) in [5, 5.41) is 10.3. The van der Waals surface area contributed by atoms with Crippen LogP contribution in [-0.2, 0) is 17.6 Å². The number of carboxylic acids is 1. The Morgan fingerprint density at radius 1 is 1.38 bits per heavy atom. The van der Waals surface area contributed by atoms with Crippen molar-refractivity contribution in [1.82, 2.24) is 14.5 Å². The van der Waals surface area contributed by atoms with Crippen LogP contribution in [0.2, 0.25) is 0 Å². The Labute approximate surface area is 154 Å². The molecule has 1 N–H and O–H groups in total. The lowest BCUT2D eigenvalue weighted by atomic mass is 9.97. The zero-order valence-corrected chi connectivity index (χ0v) is 15.3. The SMILES string of the molecule is CCC(C(=O)O)n1c(-c2cccnc2)nc2sc3c(c2c1=O)CCCC3. The average Bonchev–Trinajstić information content (AvgIpc) is 3.03. The van der Waals surface area contributed by atoms with Gasteiger partial charge in [0.1, 0.15) is 16.7 Å². The Morgan fingerprint density at radius 3 is 2.88 bits per heavy atom. The first-order valence-corrected chi connectivity index (χ1v) is 9.63. The van der Waals surface area contributed by atoms with Crippen LogP contribution >= 0.6 is 11.3 Å². The van der Waals surface area contributed by atoms with Crippen LogP contribution in [0.5, 0.6) is 0 Å². The van der Waals surface area contributed by atoms with E-state index in [1.807, 2.05) is 0 Å². The third-order valence-electron chi connectivity index (χ3n) is 4.92. The van der Waals surface area contributed by atoms with E-state index in [-0.39, 0.29) is 5.56 Å². The number of thiophene rings is 1. The van der Waals surface area contributed by atoms with Crippen molar-refractivity contribution in [2.45, 2.75) is 45.1 Å². The Morgan fingerprint density at radius 2 is 2.19 bits per heavy atom. The van der Waals surface area contributed by atoms with Gasteiger partial charge in [0.2, 0.25) is 0 Å². The van der Waals surface area contributed by atoms with Gasteiger partial charge in [-0.1, -0.05) is 6.92 Å². The van der Waals surface area contributed by atoms with E-state index in [0.717, 1.165) is 31.2 Å². The molecular weight excluding hydrogens is 350 g/mol. The van der Waals surface area contributed by atoms with E-state index < -0.39 is 12.0 Å². The fraction of sp³-hybridized carbons (Fsp3) is 0.368. The highest BCUT2D eigenvalue weighted by Crippen LogP contribution is 2.35. The van der Waals surface area contributed by atoms with Gasteiger partial charge in [-0.2, -0.15) is 0 Å². The third kappa shape index (κ3) is 2.63. The fourth-order valence-corrected chi connectivity index (χ4v) is 4.92. The molecule has 1 aliphatic carbocycles. The normalized spacial score (nSPS) is 15.0. The fourth-order valence-electron chi connectivity index (χ4n) is 3.67. The summed E-state index contributed by atoms with van der Waals surface area (Å²) < 4.78 is 1.35. The van der Waals surface area contributed by atoms with Crippen molar-refractivity contribution in [2.75, 3.05) is 0 Å². The molecule has 0 aromatic carbocycles. The molecule has 3 aromatic rings. The quantitative estimate of drug-likeness (QED) is 0.761. The van der Waals surface area contributed by atoms with Gasteiger partial charge >= 0.3 is 5.97 Å². The van der Waals surface area contributed by atoms with Crippen molar-refractivity contribution in [3.8, 4) is 11.4 Å². The number of nitrogens with zero attached hydrogens (tertiary/aromatic N) is 3. The molecule has 4 rings (SSSR count). The molecule has 1 aliphatic rings. The van der Waals surface area contributed by atoms with Gasteiger partial charge in [0.25, 0.3) is 5.56 Å². The van der Waals surface area contributed by atoms with Crippen LogP contribution in [-0.4, -0.2) is 25.6 Å². The number of hydrogen-bond donors (Lipinski definition) is 1. The zero-order valence-electron chi connectivity index (χ0n) is 14.4. The second kappa shape index (κ2) is 6.64. The summed E-state index contributed by atoms with van der Waals surface area (Å²) in [6, 6.07) is 2.62. The van der Waals surface area contributed by atoms with Crippen molar-refractivity contribution in [3.63, 3.8) is 0 Å². The molecule has 3 aromatic heterocycles. The molecule has 0 fully saturated rings. The van der Waals surface area contributed by atoms with Gasteiger partial charge in [0.15, 0.2) is 0 Å². The lowest BCUT2D eigenvalue weighted by Gasteiger charge is -2.18. The highest BCUT2D eigenvalue weighted by Gasteiger charge is 2.28. The van der Waals surface area contributed by atoms with Gasteiger partial charge in [-0.3, -0.25) is 14.3 Å². The minimum absolute atomic E-state index is 0.248. The van der Waals surface area contributed by atoms with Crippen LogP contribution in [0.1, 0.15) is 42.7 Å². The smallest absolute Gasteiger partial charge is 0.326 e. The summed E-state index contributed by atoms with van der Waals surface area (Å²) in [6.07, 6.45) is 7.57. The van der Waals surface area contributed by atoms with Gasteiger partial charge in [0, 0.05) is 22.8 Å². The number of hydrogen-bond acceptors (Lipinski definition) is 5. The molecular formula is C19H19N3O3S. The van der Waals surface area contributed by atoms with Crippen molar-refractivity contribution in [1.29, 1.82) is 0 Å². The molecule has 3 heterocycles. The average molecular weight is 369 g/mol. The Kier molecular flexibility index (Phi) is 4.32. The third-order valence-corrected chi connectivity index (χ3v) is 6.11. The highest BCUT2D eigenvalue weighted by molar-refractivity contribution is 7.18. The maximum absolute atomic E-state index is 13.4. The first-order chi connectivity index (χ1) is 12.6. The number of aliphatic carboxylic acids is 1. The molecule has 7 heteroatoms. The van der Waals surface area contributed by atoms with Gasteiger partial charge in [-0.05, 0) is 49.8 Å².